The Morgan fingerprint density at radius 3 is 2.68 bits per heavy atom. The summed E-state index contributed by atoms with van der Waals surface area (Å²) < 4.78 is 5.33. The summed E-state index contributed by atoms with van der Waals surface area (Å²) in [5, 5.41) is 3.41. The van der Waals surface area contributed by atoms with Gasteiger partial charge < -0.3 is 10.1 Å². The van der Waals surface area contributed by atoms with Gasteiger partial charge in [-0.3, -0.25) is 4.90 Å². The fourth-order valence-corrected chi connectivity index (χ4v) is 3.58. The maximum Gasteiger partial charge on any atom is 0.119 e. The highest BCUT2D eigenvalue weighted by molar-refractivity contribution is 5.40. The predicted molar refractivity (Wildman–Crippen MR) is 77.7 cm³/mol. The summed E-state index contributed by atoms with van der Waals surface area (Å²) in [6.07, 6.45) is 5.02. The summed E-state index contributed by atoms with van der Waals surface area (Å²) in [5.74, 6) is 0.994. The van der Waals surface area contributed by atoms with Gasteiger partial charge in [0.1, 0.15) is 5.75 Å². The minimum absolute atomic E-state index is 0.638. The molecule has 1 fully saturated rings. The van der Waals surface area contributed by atoms with Crippen molar-refractivity contribution in [2.75, 3.05) is 27.2 Å². The van der Waals surface area contributed by atoms with Crippen molar-refractivity contribution >= 4 is 0 Å². The topological polar surface area (TPSA) is 24.5 Å². The van der Waals surface area contributed by atoms with Gasteiger partial charge in [0.05, 0.1) is 7.11 Å². The molecule has 0 aromatic heterocycles. The molecule has 1 atom stereocenters. The van der Waals surface area contributed by atoms with Gasteiger partial charge in [0.15, 0.2) is 0 Å². The Labute approximate surface area is 115 Å². The molecule has 1 aliphatic heterocycles. The van der Waals surface area contributed by atoms with E-state index in [1.807, 2.05) is 0 Å². The molecular formula is C16H24N2O. The zero-order valence-corrected chi connectivity index (χ0v) is 12.0. The molecule has 0 bridgehead atoms. The second-order valence-corrected chi connectivity index (χ2v) is 5.72. The summed E-state index contributed by atoms with van der Waals surface area (Å²) in [7, 11) is 3.83. The van der Waals surface area contributed by atoms with Crippen molar-refractivity contribution in [2.24, 2.45) is 0 Å². The summed E-state index contributed by atoms with van der Waals surface area (Å²) in [5.41, 5.74) is 3.02. The van der Waals surface area contributed by atoms with Crippen LogP contribution in [0.2, 0.25) is 0 Å². The highest BCUT2D eigenvalue weighted by atomic mass is 16.5. The SMILES string of the molecule is CNC1CCN(C2CCc3cc(OC)ccc32)CC1. The number of fused-ring (bicyclic) bond motifs is 1. The van der Waals surface area contributed by atoms with Crippen molar-refractivity contribution < 1.29 is 4.74 Å². The second-order valence-electron chi connectivity index (χ2n) is 5.72. The van der Waals surface area contributed by atoms with Gasteiger partial charge in [-0.25, -0.2) is 0 Å². The minimum Gasteiger partial charge on any atom is -0.497 e. The summed E-state index contributed by atoms with van der Waals surface area (Å²) >= 11 is 0. The predicted octanol–water partition coefficient (Wildman–Crippen LogP) is 2.37. The Hall–Kier alpha value is -1.06. The third-order valence-electron chi connectivity index (χ3n) is 4.77. The van der Waals surface area contributed by atoms with Crippen LogP contribution in [0.25, 0.3) is 0 Å². The van der Waals surface area contributed by atoms with Crippen molar-refractivity contribution in [1.82, 2.24) is 10.2 Å². The molecule has 1 saturated heterocycles. The van der Waals surface area contributed by atoms with Crippen molar-refractivity contribution in [2.45, 2.75) is 37.8 Å². The molecule has 19 heavy (non-hydrogen) atoms. The number of hydrogen-bond donors (Lipinski definition) is 1. The fourth-order valence-electron chi connectivity index (χ4n) is 3.58. The van der Waals surface area contributed by atoms with E-state index in [4.69, 9.17) is 4.74 Å². The lowest BCUT2D eigenvalue weighted by Gasteiger charge is -2.36. The van der Waals surface area contributed by atoms with Crippen molar-refractivity contribution in [1.29, 1.82) is 0 Å². The van der Waals surface area contributed by atoms with E-state index in [1.165, 1.54) is 49.9 Å². The summed E-state index contributed by atoms with van der Waals surface area (Å²) in [6.45, 7) is 2.45. The molecule has 0 amide bonds. The highest BCUT2D eigenvalue weighted by Crippen LogP contribution is 2.38. The van der Waals surface area contributed by atoms with Gasteiger partial charge in [-0.05, 0) is 56.0 Å². The number of likely N-dealkylation sites (tertiary alicyclic amines) is 1. The van der Waals surface area contributed by atoms with Crippen LogP contribution in [-0.4, -0.2) is 38.2 Å². The summed E-state index contributed by atoms with van der Waals surface area (Å²) in [6, 6.07) is 7.95. The average Bonchev–Trinajstić information content (AvgIpc) is 2.90. The van der Waals surface area contributed by atoms with Crippen molar-refractivity contribution in [3.05, 3.63) is 29.3 Å². The Balaban J connectivity index is 1.72. The Morgan fingerprint density at radius 1 is 1.21 bits per heavy atom. The molecule has 104 valence electrons. The minimum atomic E-state index is 0.638. The van der Waals surface area contributed by atoms with Gasteiger partial charge in [0.25, 0.3) is 0 Å². The van der Waals surface area contributed by atoms with E-state index in [-0.39, 0.29) is 0 Å². The number of piperidine rings is 1. The number of aryl methyl sites for hydroxylation is 1. The first-order valence-corrected chi connectivity index (χ1v) is 7.40. The lowest BCUT2D eigenvalue weighted by molar-refractivity contribution is 0.145. The second kappa shape index (κ2) is 5.51. The van der Waals surface area contributed by atoms with Gasteiger partial charge in [0, 0.05) is 25.2 Å². The van der Waals surface area contributed by atoms with E-state index >= 15 is 0 Å². The number of nitrogens with one attached hydrogen (secondary N) is 1. The molecule has 2 aliphatic rings. The Bertz CT molecular complexity index is 438. The number of rotatable bonds is 3. The zero-order chi connectivity index (χ0) is 13.2. The molecule has 3 rings (SSSR count). The first kappa shape index (κ1) is 12.9. The van der Waals surface area contributed by atoms with E-state index in [0.717, 1.165) is 5.75 Å². The molecule has 1 aromatic carbocycles. The molecule has 1 aliphatic carbocycles. The quantitative estimate of drug-likeness (QED) is 0.903. The first-order valence-electron chi connectivity index (χ1n) is 7.40. The van der Waals surface area contributed by atoms with Crippen LogP contribution in [0.1, 0.15) is 36.4 Å². The molecule has 0 radical (unpaired) electrons. The van der Waals surface area contributed by atoms with Gasteiger partial charge in [0.2, 0.25) is 0 Å². The summed E-state index contributed by atoms with van der Waals surface area (Å²) in [4.78, 5) is 2.67. The molecule has 1 N–H and O–H groups in total. The number of benzene rings is 1. The van der Waals surface area contributed by atoms with Gasteiger partial charge in [-0.1, -0.05) is 6.07 Å². The molecule has 1 heterocycles. The molecule has 3 heteroatoms. The van der Waals surface area contributed by atoms with Gasteiger partial charge in [-0.15, -0.1) is 0 Å². The van der Waals surface area contributed by atoms with Crippen LogP contribution < -0.4 is 10.1 Å². The van der Waals surface area contributed by atoms with E-state index < -0.39 is 0 Å². The molecule has 0 spiro atoms. The standard InChI is InChI=1S/C16H24N2O/c1-17-13-7-9-18(10-8-13)16-6-3-12-11-14(19-2)4-5-15(12)16/h4-5,11,13,16-17H,3,6-10H2,1-2H3. The third-order valence-corrected chi connectivity index (χ3v) is 4.77. The van der Waals surface area contributed by atoms with E-state index in [0.29, 0.717) is 12.1 Å². The van der Waals surface area contributed by atoms with E-state index in [9.17, 15) is 0 Å². The third kappa shape index (κ3) is 2.49. The van der Waals surface area contributed by atoms with Crippen molar-refractivity contribution in [3.63, 3.8) is 0 Å². The van der Waals surface area contributed by atoms with Crippen LogP contribution >= 0.6 is 0 Å². The molecule has 1 unspecified atom stereocenters. The lowest BCUT2D eigenvalue weighted by Crippen LogP contribution is -2.42. The van der Waals surface area contributed by atoms with Crippen LogP contribution in [0.15, 0.2) is 18.2 Å². The molecule has 0 saturated carbocycles. The number of nitrogens with zero attached hydrogens (tertiary/aromatic N) is 1. The van der Waals surface area contributed by atoms with Crippen LogP contribution in [0.4, 0.5) is 0 Å². The highest BCUT2D eigenvalue weighted by Gasteiger charge is 2.30. The van der Waals surface area contributed by atoms with Crippen molar-refractivity contribution in [3.8, 4) is 5.75 Å². The molecule has 1 aromatic rings. The van der Waals surface area contributed by atoms with E-state index in [1.54, 1.807) is 7.11 Å². The smallest absolute Gasteiger partial charge is 0.119 e. The van der Waals surface area contributed by atoms with Gasteiger partial charge in [-0.2, -0.15) is 0 Å². The maximum atomic E-state index is 5.33. The number of methoxy groups -OCH3 is 1. The van der Waals surface area contributed by atoms with Crippen LogP contribution in [0.5, 0.6) is 5.75 Å². The van der Waals surface area contributed by atoms with Crippen LogP contribution in [0, 0.1) is 0 Å². The van der Waals surface area contributed by atoms with Gasteiger partial charge >= 0.3 is 0 Å². The zero-order valence-electron chi connectivity index (χ0n) is 12.0. The first-order chi connectivity index (χ1) is 9.31. The van der Waals surface area contributed by atoms with Crippen LogP contribution in [-0.2, 0) is 6.42 Å². The lowest BCUT2D eigenvalue weighted by atomic mass is 10.0. The number of ether oxygens (including phenoxy) is 1. The Kier molecular flexibility index (Phi) is 3.76. The Morgan fingerprint density at radius 2 is 2.00 bits per heavy atom. The fraction of sp³-hybridized carbons (Fsp3) is 0.625. The largest absolute Gasteiger partial charge is 0.497 e. The monoisotopic (exact) mass is 260 g/mol. The maximum absolute atomic E-state index is 5.33. The van der Waals surface area contributed by atoms with E-state index in [2.05, 4.69) is 35.5 Å². The normalized spacial score (nSPS) is 24.4. The van der Waals surface area contributed by atoms with Crippen LogP contribution in [0.3, 0.4) is 0 Å². The number of hydrogen-bond acceptors (Lipinski definition) is 3. The molecule has 3 nitrogen and oxygen atoms in total. The average molecular weight is 260 g/mol. The molecular weight excluding hydrogens is 236 g/mol.